The average molecular weight is 221 g/mol. The van der Waals surface area contributed by atoms with Crippen LogP contribution in [0.4, 0.5) is 0 Å². The first-order valence-electron chi connectivity index (χ1n) is 4.46. The van der Waals surface area contributed by atoms with Crippen LogP contribution >= 0.6 is 11.6 Å². The molecule has 0 amide bonds. The van der Waals surface area contributed by atoms with Crippen LogP contribution < -0.4 is 4.74 Å². The van der Waals surface area contributed by atoms with E-state index in [0.29, 0.717) is 16.8 Å². The first-order valence-corrected chi connectivity index (χ1v) is 4.84. The zero-order valence-electron chi connectivity index (χ0n) is 8.14. The van der Waals surface area contributed by atoms with Crippen molar-refractivity contribution in [2.24, 2.45) is 0 Å². The monoisotopic (exact) mass is 220 g/mol. The molecule has 0 aromatic carbocycles. The first-order chi connectivity index (χ1) is 7.24. The SMILES string of the molecule is Cc1ccc(Oc2ccc(Cl)nc2)nc1. The molecule has 0 aliphatic rings. The third-order valence-corrected chi connectivity index (χ3v) is 2.03. The number of pyridine rings is 2. The molecule has 0 aliphatic heterocycles. The molecule has 2 rings (SSSR count). The van der Waals surface area contributed by atoms with Crippen LogP contribution in [0.25, 0.3) is 0 Å². The smallest absolute Gasteiger partial charge is 0.219 e. The summed E-state index contributed by atoms with van der Waals surface area (Å²) in [5.74, 6) is 1.17. The van der Waals surface area contributed by atoms with Crippen LogP contribution in [0.1, 0.15) is 5.56 Å². The van der Waals surface area contributed by atoms with E-state index in [1.807, 2.05) is 19.1 Å². The fourth-order valence-electron chi connectivity index (χ4n) is 1.06. The number of aromatic nitrogens is 2. The van der Waals surface area contributed by atoms with Crippen molar-refractivity contribution in [2.45, 2.75) is 6.92 Å². The molecule has 0 aliphatic carbocycles. The van der Waals surface area contributed by atoms with Gasteiger partial charge < -0.3 is 4.74 Å². The molecule has 2 aromatic rings. The summed E-state index contributed by atoms with van der Waals surface area (Å²) in [6, 6.07) is 7.16. The number of hydrogen-bond acceptors (Lipinski definition) is 3. The highest BCUT2D eigenvalue weighted by atomic mass is 35.5. The van der Waals surface area contributed by atoms with Crippen LogP contribution in [0.5, 0.6) is 11.6 Å². The fourth-order valence-corrected chi connectivity index (χ4v) is 1.17. The van der Waals surface area contributed by atoms with E-state index in [2.05, 4.69) is 9.97 Å². The fraction of sp³-hybridized carbons (Fsp3) is 0.0909. The Morgan fingerprint density at radius 1 is 1.07 bits per heavy atom. The van der Waals surface area contributed by atoms with Gasteiger partial charge in [0.1, 0.15) is 10.9 Å². The van der Waals surface area contributed by atoms with Gasteiger partial charge in [0.15, 0.2) is 0 Å². The zero-order valence-corrected chi connectivity index (χ0v) is 8.90. The van der Waals surface area contributed by atoms with Crippen LogP contribution in [-0.2, 0) is 0 Å². The highest BCUT2D eigenvalue weighted by molar-refractivity contribution is 6.29. The van der Waals surface area contributed by atoms with Crippen molar-refractivity contribution in [3.05, 3.63) is 47.4 Å². The Bertz CT molecular complexity index is 396. The summed E-state index contributed by atoms with van der Waals surface area (Å²) < 4.78 is 5.46. The van der Waals surface area contributed by atoms with Crippen LogP contribution in [0.2, 0.25) is 5.15 Å². The van der Waals surface area contributed by atoms with Crippen molar-refractivity contribution < 1.29 is 4.74 Å². The van der Waals surface area contributed by atoms with Gasteiger partial charge in [-0.25, -0.2) is 9.97 Å². The minimum atomic E-state index is 0.444. The number of halogens is 1. The maximum absolute atomic E-state index is 5.65. The Kier molecular flexibility index (Phi) is 2.83. The second kappa shape index (κ2) is 4.28. The molecule has 15 heavy (non-hydrogen) atoms. The molecule has 0 atom stereocenters. The minimum absolute atomic E-state index is 0.444. The molecule has 0 saturated carbocycles. The maximum Gasteiger partial charge on any atom is 0.219 e. The minimum Gasteiger partial charge on any atom is -0.437 e. The van der Waals surface area contributed by atoms with Gasteiger partial charge in [-0.3, -0.25) is 0 Å². The van der Waals surface area contributed by atoms with Crippen LogP contribution in [-0.4, -0.2) is 9.97 Å². The summed E-state index contributed by atoms with van der Waals surface area (Å²) in [6.45, 7) is 1.97. The standard InChI is InChI=1S/C11H9ClN2O/c1-8-2-5-11(14-6-8)15-9-3-4-10(12)13-7-9/h2-7H,1H3. The molecule has 3 nitrogen and oxygen atoms in total. The van der Waals surface area contributed by atoms with Crippen molar-refractivity contribution >= 4 is 11.6 Å². The van der Waals surface area contributed by atoms with Crippen LogP contribution in [0, 0.1) is 6.92 Å². The Morgan fingerprint density at radius 2 is 1.93 bits per heavy atom. The quantitative estimate of drug-likeness (QED) is 0.729. The van der Waals surface area contributed by atoms with E-state index in [9.17, 15) is 0 Å². The van der Waals surface area contributed by atoms with E-state index in [4.69, 9.17) is 16.3 Å². The Balaban J connectivity index is 2.15. The third kappa shape index (κ3) is 2.67. The van der Waals surface area contributed by atoms with E-state index in [0.717, 1.165) is 5.56 Å². The number of hydrogen-bond donors (Lipinski definition) is 0. The lowest BCUT2D eigenvalue weighted by Gasteiger charge is -2.03. The maximum atomic E-state index is 5.65. The summed E-state index contributed by atoms with van der Waals surface area (Å²) >= 11 is 5.65. The van der Waals surface area contributed by atoms with Crippen LogP contribution in [0.3, 0.4) is 0 Å². The Morgan fingerprint density at radius 3 is 2.53 bits per heavy atom. The van der Waals surface area contributed by atoms with E-state index in [1.54, 1.807) is 24.5 Å². The van der Waals surface area contributed by atoms with Crippen molar-refractivity contribution in [3.63, 3.8) is 0 Å². The molecular weight excluding hydrogens is 212 g/mol. The predicted octanol–water partition coefficient (Wildman–Crippen LogP) is 3.23. The topological polar surface area (TPSA) is 35.0 Å². The largest absolute Gasteiger partial charge is 0.437 e. The molecule has 0 unspecified atom stereocenters. The molecular formula is C11H9ClN2O. The second-order valence-electron chi connectivity index (χ2n) is 3.09. The summed E-state index contributed by atoms with van der Waals surface area (Å²) in [5.41, 5.74) is 1.09. The molecule has 0 N–H and O–H groups in total. The van der Waals surface area contributed by atoms with Gasteiger partial charge in [0, 0.05) is 12.3 Å². The lowest BCUT2D eigenvalue weighted by atomic mass is 10.3. The lowest BCUT2D eigenvalue weighted by molar-refractivity contribution is 0.460. The van der Waals surface area contributed by atoms with Gasteiger partial charge in [0.05, 0.1) is 6.20 Å². The van der Waals surface area contributed by atoms with Crippen molar-refractivity contribution in [1.29, 1.82) is 0 Å². The van der Waals surface area contributed by atoms with Gasteiger partial charge >= 0.3 is 0 Å². The molecule has 0 spiro atoms. The molecule has 0 fully saturated rings. The van der Waals surface area contributed by atoms with E-state index < -0.39 is 0 Å². The van der Waals surface area contributed by atoms with Gasteiger partial charge in [-0.1, -0.05) is 17.7 Å². The van der Waals surface area contributed by atoms with Gasteiger partial charge in [0.2, 0.25) is 5.88 Å². The average Bonchev–Trinajstić information content (AvgIpc) is 2.25. The van der Waals surface area contributed by atoms with Crippen molar-refractivity contribution in [2.75, 3.05) is 0 Å². The summed E-state index contributed by atoms with van der Waals surface area (Å²) in [5, 5.41) is 0.444. The number of ether oxygens (including phenoxy) is 1. The van der Waals surface area contributed by atoms with Gasteiger partial charge in [-0.2, -0.15) is 0 Å². The van der Waals surface area contributed by atoms with E-state index >= 15 is 0 Å². The molecule has 2 aromatic heterocycles. The Hall–Kier alpha value is -1.61. The highest BCUT2D eigenvalue weighted by Crippen LogP contribution is 2.19. The van der Waals surface area contributed by atoms with Gasteiger partial charge in [0.25, 0.3) is 0 Å². The molecule has 0 bridgehead atoms. The number of rotatable bonds is 2. The van der Waals surface area contributed by atoms with E-state index in [1.165, 1.54) is 0 Å². The number of nitrogens with zero attached hydrogens (tertiary/aromatic N) is 2. The van der Waals surface area contributed by atoms with Gasteiger partial charge in [-0.05, 0) is 24.6 Å². The first kappa shape index (κ1) is 9.93. The van der Waals surface area contributed by atoms with E-state index in [-0.39, 0.29) is 0 Å². The second-order valence-corrected chi connectivity index (χ2v) is 3.48. The molecule has 2 heterocycles. The normalized spacial score (nSPS) is 10.0. The van der Waals surface area contributed by atoms with Crippen molar-refractivity contribution in [3.8, 4) is 11.6 Å². The Labute approximate surface area is 92.7 Å². The van der Waals surface area contributed by atoms with Crippen LogP contribution in [0.15, 0.2) is 36.7 Å². The summed E-state index contributed by atoms with van der Waals surface area (Å²) in [6.07, 6.45) is 3.31. The van der Waals surface area contributed by atoms with Crippen molar-refractivity contribution in [1.82, 2.24) is 9.97 Å². The lowest BCUT2D eigenvalue weighted by Crippen LogP contribution is -1.88. The molecule has 0 saturated heterocycles. The zero-order chi connectivity index (χ0) is 10.7. The molecule has 0 radical (unpaired) electrons. The molecule has 76 valence electrons. The summed E-state index contributed by atoms with van der Waals surface area (Å²) in [7, 11) is 0. The highest BCUT2D eigenvalue weighted by Gasteiger charge is 1.98. The van der Waals surface area contributed by atoms with Gasteiger partial charge in [-0.15, -0.1) is 0 Å². The molecule has 4 heteroatoms. The third-order valence-electron chi connectivity index (χ3n) is 1.81. The summed E-state index contributed by atoms with van der Waals surface area (Å²) in [4.78, 5) is 8.02. The predicted molar refractivity (Wildman–Crippen MR) is 58.3 cm³/mol. The number of aryl methyl sites for hydroxylation is 1.